The molecular weight excluding hydrogens is 1020 g/mol. The van der Waals surface area contributed by atoms with Crippen LogP contribution in [-0.4, -0.2) is 171 Å². The molecule has 3 aromatic carbocycles. The second kappa shape index (κ2) is 28.5. The summed E-state index contributed by atoms with van der Waals surface area (Å²) in [6.45, 7) is 15.9. The number of fused-ring (bicyclic) bond motifs is 3. The lowest BCUT2D eigenvalue weighted by Crippen LogP contribution is -2.58. The molecule has 20 heteroatoms. The number of aromatic nitrogens is 2. The number of aliphatic hydroxyl groups excluding tert-OH is 1. The molecule has 0 spiro atoms. The fraction of sp³-hybridized carbons (Fsp3) is 0.534. The quantitative estimate of drug-likeness (QED) is 0.0323. The number of rotatable bonds is 29. The number of hydrogen-bond donors (Lipinski definition) is 5. The molecule has 0 saturated carbocycles. The van der Waals surface area contributed by atoms with E-state index in [1.807, 2.05) is 93.9 Å². The number of nitrogens with one attached hydrogen (secondary N) is 4. The van der Waals surface area contributed by atoms with Crippen molar-refractivity contribution in [2.45, 2.75) is 104 Å². The number of halogens is 1. The number of alkyl halides is 1. The fourth-order valence-electron chi connectivity index (χ4n) is 9.80. The Bertz CT molecular complexity index is 2720. The van der Waals surface area contributed by atoms with E-state index in [0.717, 1.165) is 44.9 Å². The maximum absolute atomic E-state index is 15.1. The Labute approximate surface area is 461 Å². The van der Waals surface area contributed by atoms with Gasteiger partial charge in [0.1, 0.15) is 31.0 Å². The summed E-state index contributed by atoms with van der Waals surface area (Å²) in [7, 11) is 0. The van der Waals surface area contributed by atoms with Crippen LogP contribution in [-0.2, 0) is 60.6 Å². The largest absolute Gasteiger partial charge is 0.391 e. The van der Waals surface area contributed by atoms with Crippen molar-refractivity contribution in [3.8, 4) is 10.4 Å². The number of amides is 4. The van der Waals surface area contributed by atoms with Crippen molar-refractivity contribution in [2.75, 3.05) is 97.7 Å². The van der Waals surface area contributed by atoms with Crippen LogP contribution in [0.5, 0.6) is 0 Å². The van der Waals surface area contributed by atoms with Crippen LogP contribution in [0.3, 0.4) is 0 Å². The second-order valence-electron chi connectivity index (χ2n) is 21.6. The van der Waals surface area contributed by atoms with E-state index in [0.29, 0.717) is 51.9 Å². The maximum atomic E-state index is 15.1. The normalized spacial score (nSPS) is 18.2. The van der Waals surface area contributed by atoms with E-state index in [4.69, 9.17) is 28.4 Å². The monoisotopic (exact) mass is 1100 g/mol. The van der Waals surface area contributed by atoms with Gasteiger partial charge in [-0.2, -0.15) is 0 Å². The zero-order valence-electron chi connectivity index (χ0n) is 46.1. The number of carbonyl (C=O) groups excluding carboxylic acids is 4. The maximum Gasteiger partial charge on any atom is 0.250 e. The summed E-state index contributed by atoms with van der Waals surface area (Å²) in [5.74, 6) is -1.61. The first-order valence-corrected chi connectivity index (χ1v) is 27.7. The summed E-state index contributed by atoms with van der Waals surface area (Å²) >= 11 is 1.57. The summed E-state index contributed by atoms with van der Waals surface area (Å²) in [6.07, 6.45) is 0.0340. The number of H-pyrrole nitrogens is 1. The Balaban J connectivity index is 0.688. The number of ether oxygens (including phenoxy) is 6. The molecule has 2 aliphatic heterocycles. The number of aryl methyl sites for hydroxylation is 1. The average Bonchev–Trinajstić information content (AvgIpc) is 4.31. The molecule has 5 atom stereocenters. The van der Waals surface area contributed by atoms with Crippen LogP contribution in [0.25, 0.3) is 21.3 Å². The van der Waals surface area contributed by atoms with E-state index in [-0.39, 0.29) is 83.0 Å². The molecule has 2 aliphatic rings. The number of aromatic amines is 1. The minimum Gasteiger partial charge on any atom is -0.391 e. The van der Waals surface area contributed by atoms with Gasteiger partial charge in [0.2, 0.25) is 23.6 Å². The Morgan fingerprint density at radius 1 is 0.808 bits per heavy atom. The van der Waals surface area contributed by atoms with Crippen LogP contribution in [0.1, 0.15) is 82.1 Å². The number of hydrogen-bond acceptors (Lipinski definition) is 14. The zero-order valence-corrected chi connectivity index (χ0v) is 46.9. The van der Waals surface area contributed by atoms with E-state index in [2.05, 4.69) is 49.9 Å². The van der Waals surface area contributed by atoms with Crippen molar-refractivity contribution in [3.63, 3.8) is 0 Å². The zero-order chi connectivity index (χ0) is 55.8. The van der Waals surface area contributed by atoms with Crippen molar-refractivity contribution < 1.29 is 57.1 Å². The predicted molar refractivity (Wildman–Crippen MR) is 297 cm³/mol. The van der Waals surface area contributed by atoms with Gasteiger partial charge < -0.3 is 59.4 Å². The first-order chi connectivity index (χ1) is 37.4. The molecule has 18 nitrogen and oxygen atoms in total. The molecule has 2 aromatic heterocycles. The number of carbonyl (C=O) groups is 4. The summed E-state index contributed by atoms with van der Waals surface area (Å²) in [5.41, 5.74) is 7.67. The minimum atomic E-state index is -1.38. The third kappa shape index (κ3) is 17.2. The third-order valence-electron chi connectivity index (χ3n) is 13.6. The Hall–Kier alpha value is -5.68. The van der Waals surface area contributed by atoms with E-state index in [1.54, 1.807) is 25.2 Å². The fourth-order valence-corrected chi connectivity index (χ4v) is 10.6. The van der Waals surface area contributed by atoms with Crippen molar-refractivity contribution >= 4 is 51.6 Å². The highest BCUT2D eigenvalue weighted by atomic mass is 32.1. The number of β-amino-alcohol motifs (C(OH)–C–C–N with tert-alkyl or cyclic N) is 1. The molecule has 4 amide bonds. The average molecular weight is 1100 g/mol. The molecular formula is C58H78FN7O11S. The molecule has 5 N–H and O–H groups in total. The van der Waals surface area contributed by atoms with E-state index < -0.39 is 41.1 Å². The van der Waals surface area contributed by atoms with Crippen molar-refractivity contribution in [3.05, 3.63) is 106 Å². The van der Waals surface area contributed by atoms with Gasteiger partial charge in [-0.15, -0.1) is 11.3 Å². The van der Waals surface area contributed by atoms with Gasteiger partial charge in [0, 0.05) is 54.4 Å². The molecule has 1 saturated heterocycles. The SMILES string of the molecule is Cc1ncsc1-c1ccc(CNC(=O)[C@@H]2C[C@@H](O)CN2C(=O)C(NC(=O)COCCOCCOCCOCCOCCOCC(=O)Nc2ccc([C@@H]3c4[nH]c5ccccc5c4C[C@@H](C)N3CC(C)(C)F)cc2)C(C)(C)C)cc1. The van der Waals surface area contributed by atoms with E-state index in [9.17, 15) is 24.3 Å². The summed E-state index contributed by atoms with van der Waals surface area (Å²) in [4.78, 5) is 65.6. The number of benzene rings is 3. The van der Waals surface area contributed by atoms with Crippen LogP contribution < -0.4 is 16.0 Å². The Morgan fingerprint density at radius 2 is 1.40 bits per heavy atom. The van der Waals surface area contributed by atoms with Crippen LogP contribution in [0.15, 0.2) is 78.3 Å². The van der Waals surface area contributed by atoms with Gasteiger partial charge in [0.05, 0.1) is 94.3 Å². The van der Waals surface area contributed by atoms with Gasteiger partial charge >= 0.3 is 0 Å². The van der Waals surface area contributed by atoms with Gasteiger partial charge in [-0.1, -0.05) is 75.4 Å². The van der Waals surface area contributed by atoms with Crippen LogP contribution in [0, 0.1) is 12.3 Å². The lowest BCUT2D eigenvalue weighted by molar-refractivity contribution is -0.144. The van der Waals surface area contributed by atoms with E-state index in [1.165, 1.54) is 15.8 Å². The first-order valence-electron chi connectivity index (χ1n) is 26.8. The Kier molecular flexibility index (Phi) is 21.9. The minimum absolute atomic E-state index is 0.0244. The molecule has 0 bridgehead atoms. The van der Waals surface area contributed by atoms with Gasteiger partial charge in [-0.3, -0.25) is 24.1 Å². The number of thiazole rings is 1. The lowest BCUT2D eigenvalue weighted by Gasteiger charge is -2.43. The number of nitrogens with zero attached hydrogens (tertiary/aromatic N) is 3. The molecule has 1 unspecified atom stereocenters. The van der Waals surface area contributed by atoms with Crippen LogP contribution >= 0.6 is 11.3 Å². The second-order valence-corrected chi connectivity index (χ2v) is 22.4. The van der Waals surface area contributed by atoms with Crippen molar-refractivity contribution in [1.82, 2.24) is 30.4 Å². The highest BCUT2D eigenvalue weighted by molar-refractivity contribution is 7.13. The molecule has 0 aliphatic carbocycles. The van der Waals surface area contributed by atoms with Crippen molar-refractivity contribution in [2.24, 2.45) is 5.41 Å². The summed E-state index contributed by atoms with van der Waals surface area (Å²) in [5, 5.41) is 20.3. The number of para-hydroxylation sites is 1. The summed E-state index contributed by atoms with van der Waals surface area (Å²) < 4.78 is 48.4. The topological polar surface area (TPSA) is 215 Å². The van der Waals surface area contributed by atoms with Gasteiger partial charge in [0.15, 0.2) is 0 Å². The highest BCUT2D eigenvalue weighted by Gasteiger charge is 2.45. The van der Waals surface area contributed by atoms with Crippen LogP contribution in [0.4, 0.5) is 10.1 Å². The Morgan fingerprint density at radius 3 is 1.97 bits per heavy atom. The smallest absolute Gasteiger partial charge is 0.250 e. The van der Waals surface area contributed by atoms with Gasteiger partial charge in [0.25, 0.3) is 0 Å². The molecule has 1 fully saturated rings. The predicted octanol–water partition coefficient (Wildman–Crippen LogP) is 6.53. The lowest BCUT2D eigenvalue weighted by atomic mass is 9.85. The molecule has 78 heavy (non-hydrogen) atoms. The number of anilines is 1. The van der Waals surface area contributed by atoms with Gasteiger partial charge in [-0.25, -0.2) is 9.37 Å². The summed E-state index contributed by atoms with van der Waals surface area (Å²) in [6, 6.07) is 21.9. The number of aliphatic hydroxyl groups is 1. The van der Waals surface area contributed by atoms with Crippen LogP contribution in [0.2, 0.25) is 0 Å². The first kappa shape index (κ1) is 60.0. The standard InChI is InChI=1S/C58H78FN7O11S/c1-38-30-46-45-10-8-9-11-47(45)63-51(46)52(66(38)36-58(6,7)59)41-16-18-43(19-17-41)62-49(68)34-76-28-26-74-24-22-72-20-21-73-23-25-75-27-29-77-35-50(69)64-54(57(3,4)5)56(71)65-33-44(67)31-48(65)55(70)60-32-40-12-14-42(15-13-40)53-39(2)61-37-78-53/h8-19,37-38,44,48,52,54,63,67H,20-36H2,1-7H3,(H,60,70)(H,62,68)(H,64,69)/t38-,44-,48+,52-,54?/m1/s1. The highest BCUT2D eigenvalue weighted by Crippen LogP contribution is 2.42. The third-order valence-corrected chi connectivity index (χ3v) is 14.6. The molecule has 5 aromatic rings. The van der Waals surface area contributed by atoms with E-state index >= 15 is 4.39 Å². The molecule has 0 radical (unpaired) electrons. The van der Waals surface area contributed by atoms with Crippen molar-refractivity contribution in [1.29, 1.82) is 0 Å². The molecule has 4 heterocycles. The van der Waals surface area contributed by atoms with Gasteiger partial charge in [-0.05, 0) is 80.0 Å². The molecule has 7 rings (SSSR count). The number of likely N-dealkylation sites (tertiary alicyclic amines) is 1. The molecule has 424 valence electrons.